The highest BCUT2D eigenvalue weighted by atomic mass is 35.5. The van der Waals surface area contributed by atoms with Crippen LogP contribution in [0.3, 0.4) is 0 Å². The molecule has 2 aromatic rings. The topological polar surface area (TPSA) is 46.5 Å². The van der Waals surface area contributed by atoms with Gasteiger partial charge in [0.1, 0.15) is 16.6 Å². The van der Waals surface area contributed by atoms with E-state index in [-0.39, 0.29) is 17.7 Å². The Morgan fingerprint density at radius 2 is 2.08 bits per heavy atom. The van der Waals surface area contributed by atoms with Gasteiger partial charge in [-0.25, -0.2) is 0 Å². The van der Waals surface area contributed by atoms with Crippen LogP contribution in [0.4, 0.5) is 14.5 Å². The number of aromatic nitrogens is 1. The zero-order valence-electron chi connectivity index (χ0n) is 13.9. The fourth-order valence-corrected chi connectivity index (χ4v) is 3.41. The van der Waals surface area contributed by atoms with Gasteiger partial charge in [0.05, 0.1) is 10.7 Å². The number of hydrogen-bond donors (Lipinski definition) is 1. The van der Waals surface area contributed by atoms with Crippen molar-refractivity contribution in [1.29, 1.82) is 0 Å². The van der Waals surface area contributed by atoms with E-state index in [2.05, 4.69) is 10.1 Å². The maximum atomic E-state index is 12.6. The van der Waals surface area contributed by atoms with Crippen molar-refractivity contribution in [2.45, 2.75) is 19.1 Å². The first-order chi connectivity index (χ1) is 12.4. The van der Waals surface area contributed by atoms with Gasteiger partial charge >= 0.3 is 6.61 Å². The molecule has 0 spiro atoms. The highest BCUT2D eigenvalue weighted by Crippen LogP contribution is 2.32. The van der Waals surface area contributed by atoms with Crippen LogP contribution in [0.25, 0.3) is 0 Å². The molecule has 9 heteroatoms. The third-order valence-electron chi connectivity index (χ3n) is 4.29. The second-order valence-electron chi connectivity index (χ2n) is 5.98. The fourth-order valence-electron chi connectivity index (χ4n) is 3.03. The van der Waals surface area contributed by atoms with Crippen LogP contribution in [0.15, 0.2) is 30.3 Å². The van der Waals surface area contributed by atoms with Crippen molar-refractivity contribution in [3.63, 3.8) is 0 Å². The molecule has 2 heterocycles. The predicted octanol–water partition coefficient (Wildman–Crippen LogP) is 3.94. The Hall–Kier alpha value is -1.99. The Balaban J connectivity index is 1.68. The first kappa shape index (κ1) is 18.8. The van der Waals surface area contributed by atoms with Crippen molar-refractivity contribution >= 4 is 34.8 Å². The Labute approximate surface area is 159 Å². The van der Waals surface area contributed by atoms with Crippen LogP contribution < -0.4 is 15.0 Å². The lowest BCUT2D eigenvalue weighted by molar-refractivity contribution is -0.0495. The molecule has 26 heavy (non-hydrogen) atoms. The quantitative estimate of drug-likeness (QED) is 0.821. The predicted molar refractivity (Wildman–Crippen MR) is 96.6 cm³/mol. The standard InChI is InChI=1S/C17H17Cl2F2N3O2/c1-23-13(8-11(18)15(23)19)16(25)22-10-6-7-24(9-10)12-4-2-3-5-14(12)26-17(20)21/h2-5,8,10,17H,6-7,9H2,1H3,(H,22,25)/t10-/m1/s1. The van der Waals surface area contributed by atoms with E-state index in [1.807, 2.05) is 4.90 Å². The summed E-state index contributed by atoms with van der Waals surface area (Å²) in [5.74, 6) is -0.166. The molecule has 1 aromatic heterocycles. The second kappa shape index (κ2) is 7.72. The third kappa shape index (κ3) is 3.88. The average Bonchev–Trinajstić information content (AvgIpc) is 3.15. The lowest BCUT2D eigenvalue weighted by Crippen LogP contribution is -2.37. The normalized spacial score (nSPS) is 17.0. The number of nitrogens with one attached hydrogen (secondary N) is 1. The lowest BCUT2D eigenvalue weighted by Gasteiger charge is -2.22. The van der Waals surface area contributed by atoms with Crippen molar-refractivity contribution < 1.29 is 18.3 Å². The van der Waals surface area contributed by atoms with Gasteiger partial charge in [-0.1, -0.05) is 35.3 Å². The van der Waals surface area contributed by atoms with Gasteiger partial charge in [0.2, 0.25) is 0 Å². The van der Waals surface area contributed by atoms with E-state index in [0.717, 1.165) is 0 Å². The van der Waals surface area contributed by atoms with E-state index in [0.29, 0.717) is 41.1 Å². The smallest absolute Gasteiger partial charge is 0.387 e. The molecule has 1 aliphatic rings. The van der Waals surface area contributed by atoms with E-state index in [4.69, 9.17) is 23.2 Å². The number of carbonyl (C=O) groups is 1. The summed E-state index contributed by atoms with van der Waals surface area (Å²) in [5.41, 5.74) is 0.939. The van der Waals surface area contributed by atoms with Crippen LogP contribution in [0, 0.1) is 0 Å². The highest BCUT2D eigenvalue weighted by Gasteiger charge is 2.27. The molecule has 0 bridgehead atoms. The van der Waals surface area contributed by atoms with E-state index in [9.17, 15) is 13.6 Å². The van der Waals surface area contributed by atoms with Gasteiger partial charge in [-0.05, 0) is 24.6 Å². The molecule has 1 aliphatic heterocycles. The van der Waals surface area contributed by atoms with Crippen LogP contribution in [-0.4, -0.2) is 36.2 Å². The van der Waals surface area contributed by atoms with Crippen molar-refractivity contribution in [1.82, 2.24) is 9.88 Å². The minimum absolute atomic E-state index is 0.121. The largest absolute Gasteiger partial charge is 0.433 e. The van der Waals surface area contributed by atoms with Gasteiger partial charge in [-0.3, -0.25) is 4.79 Å². The summed E-state index contributed by atoms with van der Waals surface area (Å²) in [6.07, 6.45) is 0.681. The number of benzene rings is 1. The molecule has 0 radical (unpaired) electrons. The molecular weight excluding hydrogens is 387 g/mol. The minimum Gasteiger partial charge on any atom is -0.433 e. The van der Waals surface area contributed by atoms with E-state index in [1.54, 1.807) is 25.2 Å². The SMILES string of the molecule is Cn1c(C(=O)N[C@@H]2CCN(c3ccccc3OC(F)F)C2)cc(Cl)c1Cl. The number of carbonyl (C=O) groups excluding carboxylic acids is 1. The molecule has 1 fully saturated rings. The third-order valence-corrected chi connectivity index (χ3v) is 5.14. The van der Waals surface area contributed by atoms with Gasteiger partial charge in [-0.15, -0.1) is 0 Å². The van der Waals surface area contributed by atoms with Crippen molar-refractivity contribution in [2.75, 3.05) is 18.0 Å². The summed E-state index contributed by atoms with van der Waals surface area (Å²) < 4.78 is 31.2. The van der Waals surface area contributed by atoms with Crippen molar-refractivity contribution in [3.8, 4) is 5.75 Å². The summed E-state index contributed by atoms with van der Waals surface area (Å²) in [5, 5.41) is 3.53. The number of para-hydroxylation sites is 2. The summed E-state index contributed by atoms with van der Waals surface area (Å²) in [6, 6.07) is 8.00. The Morgan fingerprint density at radius 3 is 2.73 bits per heavy atom. The summed E-state index contributed by atoms with van der Waals surface area (Å²) in [7, 11) is 1.65. The molecule has 1 amide bonds. The van der Waals surface area contributed by atoms with Crippen molar-refractivity contribution in [3.05, 3.63) is 46.2 Å². The summed E-state index contributed by atoms with van der Waals surface area (Å²) >= 11 is 11.9. The molecule has 0 aliphatic carbocycles. The molecule has 140 valence electrons. The Kier molecular flexibility index (Phi) is 5.58. The minimum atomic E-state index is -2.89. The van der Waals surface area contributed by atoms with Crippen LogP contribution in [0.2, 0.25) is 10.2 Å². The van der Waals surface area contributed by atoms with E-state index < -0.39 is 6.61 Å². The van der Waals surface area contributed by atoms with E-state index >= 15 is 0 Å². The number of nitrogens with zero attached hydrogens (tertiary/aromatic N) is 2. The van der Waals surface area contributed by atoms with Gasteiger partial charge in [0.25, 0.3) is 5.91 Å². The molecule has 1 N–H and O–H groups in total. The van der Waals surface area contributed by atoms with Crippen LogP contribution in [-0.2, 0) is 7.05 Å². The molecule has 5 nitrogen and oxygen atoms in total. The first-order valence-corrected chi connectivity index (χ1v) is 8.72. The van der Waals surface area contributed by atoms with Gasteiger partial charge in [0, 0.05) is 26.2 Å². The second-order valence-corrected chi connectivity index (χ2v) is 6.74. The number of alkyl halides is 2. The Bertz CT molecular complexity index is 813. The summed E-state index contributed by atoms with van der Waals surface area (Å²) in [6.45, 7) is -1.79. The number of anilines is 1. The molecule has 1 aromatic carbocycles. The number of amides is 1. The number of ether oxygens (including phenoxy) is 1. The van der Waals surface area contributed by atoms with Gasteiger partial charge in [-0.2, -0.15) is 8.78 Å². The molecular formula is C17H17Cl2F2N3O2. The lowest BCUT2D eigenvalue weighted by atomic mass is 10.2. The Morgan fingerprint density at radius 1 is 1.35 bits per heavy atom. The van der Waals surface area contributed by atoms with Gasteiger partial charge in [0.15, 0.2) is 0 Å². The number of rotatable bonds is 5. The molecule has 0 unspecified atom stereocenters. The monoisotopic (exact) mass is 403 g/mol. The van der Waals surface area contributed by atoms with Crippen LogP contribution in [0.5, 0.6) is 5.75 Å². The zero-order valence-corrected chi connectivity index (χ0v) is 15.4. The highest BCUT2D eigenvalue weighted by molar-refractivity contribution is 6.41. The first-order valence-electron chi connectivity index (χ1n) is 7.97. The average molecular weight is 404 g/mol. The molecule has 1 saturated heterocycles. The van der Waals surface area contributed by atoms with E-state index in [1.165, 1.54) is 16.7 Å². The van der Waals surface area contributed by atoms with Crippen molar-refractivity contribution in [2.24, 2.45) is 7.05 Å². The fraction of sp³-hybridized carbons (Fsp3) is 0.353. The maximum absolute atomic E-state index is 12.6. The number of hydrogen-bond acceptors (Lipinski definition) is 3. The zero-order chi connectivity index (χ0) is 18.8. The maximum Gasteiger partial charge on any atom is 0.387 e. The van der Waals surface area contributed by atoms with Crippen LogP contribution >= 0.6 is 23.2 Å². The summed E-state index contributed by atoms with van der Waals surface area (Å²) in [4.78, 5) is 14.4. The molecule has 1 atom stereocenters. The molecule has 0 saturated carbocycles. The van der Waals surface area contributed by atoms with Gasteiger partial charge < -0.3 is 19.5 Å². The number of halogens is 4. The molecule has 3 rings (SSSR count). The van der Waals surface area contributed by atoms with Crippen LogP contribution in [0.1, 0.15) is 16.9 Å².